The van der Waals surface area contributed by atoms with E-state index in [0.29, 0.717) is 53.4 Å². The van der Waals surface area contributed by atoms with Gasteiger partial charge in [0.15, 0.2) is 5.50 Å². The number of allylic oxidation sites excluding steroid dienone is 1. The zero-order chi connectivity index (χ0) is 17.3. The number of rotatable bonds is 4. The number of hydrogen-bond acceptors (Lipinski definition) is 6. The fourth-order valence-corrected chi connectivity index (χ4v) is 4.23. The number of nitrogens with zero attached hydrogens (tertiary/aromatic N) is 2. The Kier molecular flexibility index (Phi) is 5.59. The van der Waals surface area contributed by atoms with Crippen molar-refractivity contribution >= 4 is 40.9 Å². The molecule has 0 spiro atoms. The first-order chi connectivity index (χ1) is 11.5. The maximum atomic E-state index is 11.8. The number of nitrogens with two attached hydrogens (primary N) is 1. The van der Waals surface area contributed by atoms with Crippen LogP contribution in [0.2, 0.25) is 10.0 Å². The second kappa shape index (κ2) is 7.51. The predicted molar refractivity (Wildman–Crippen MR) is 93.8 cm³/mol. The molecule has 6 nitrogen and oxygen atoms in total. The number of halogens is 2. The van der Waals surface area contributed by atoms with Crippen molar-refractivity contribution in [2.45, 2.75) is 11.9 Å². The van der Waals surface area contributed by atoms with E-state index in [4.69, 9.17) is 33.7 Å². The molecule has 2 aliphatic rings. The number of amides is 1. The van der Waals surface area contributed by atoms with E-state index in [2.05, 4.69) is 4.90 Å². The van der Waals surface area contributed by atoms with Crippen LogP contribution in [0.15, 0.2) is 28.8 Å². The third kappa shape index (κ3) is 3.66. The Hall–Kier alpha value is -0.960. The summed E-state index contributed by atoms with van der Waals surface area (Å²) in [4.78, 5) is 14.2. The minimum absolute atomic E-state index is 0.333. The normalized spacial score (nSPS) is 22.3. The van der Waals surface area contributed by atoms with Crippen LogP contribution in [-0.2, 0) is 16.0 Å². The average molecular weight is 390 g/mol. The molecule has 1 saturated heterocycles. The third-order valence-electron chi connectivity index (χ3n) is 3.91. The summed E-state index contributed by atoms with van der Waals surface area (Å²) in [7, 11) is 0. The van der Waals surface area contributed by atoms with Gasteiger partial charge in [0.2, 0.25) is 0 Å². The molecule has 1 aromatic carbocycles. The van der Waals surface area contributed by atoms with Gasteiger partial charge in [-0.1, -0.05) is 41.0 Å². The highest BCUT2D eigenvalue weighted by atomic mass is 35.5. The second-order valence-electron chi connectivity index (χ2n) is 5.50. The molecule has 130 valence electrons. The number of hydrogen-bond donors (Lipinski definition) is 2. The first-order valence-corrected chi connectivity index (χ1v) is 9.04. The SMILES string of the molecule is NC(=O)C1=C(Cc2ccc(Cl)c(Cl)c2)N(O)C(N2CCOCC2)S1. The number of carbonyl (C=O) groups excluding carboxylic acids is 1. The lowest BCUT2D eigenvalue weighted by atomic mass is 10.1. The Bertz CT molecular complexity index is 680. The Morgan fingerprint density at radius 3 is 2.67 bits per heavy atom. The lowest BCUT2D eigenvalue weighted by molar-refractivity contribution is -0.123. The van der Waals surface area contributed by atoms with Crippen molar-refractivity contribution in [3.8, 4) is 0 Å². The lowest BCUT2D eigenvalue weighted by Crippen LogP contribution is -2.47. The number of hydroxylamine groups is 2. The molecule has 1 atom stereocenters. The van der Waals surface area contributed by atoms with Gasteiger partial charge in [0.25, 0.3) is 5.91 Å². The smallest absolute Gasteiger partial charge is 0.257 e. The van der Waals surface area contributed by atoms with Crippen LogP contribution in [0.5, 0.6) is 0 Å². The molecule has 0 radical (unpaired) electrons. The molecule has 24 heavy (non-hydrogen) atoms. The van der Waals surface area contributed by atoms with Gasteiger partial charge < -0.3 is 10.5 Å². The summed E-state index contributed by atoms with van der Waals surface area (Å²) < 4.78 is 5.33. The summed E-state index contributed by atoms with van der Waals surface area (Å²) in [5.41, 5.74) is 6.43. The number of benzene rings is 1. The summed E-state index contributed by atoms with van der Waals surface area (Å²) in [6.07, 6.45) is 0.333. The first kappa shape index (κ1) is 17.8. The van der Waals surface area contributed by atoms with Gasteiger partial charge in [0.1, 0.15) is 0 Å². The van der Waals surface area contributed by atoms with E-state index in [1.54, 1.807) is 18.2 Å². The molecule has 2 aliphatic heterocycles. The minimum atomic E-state index is -0.551. The van der Waals surface area contributed by atoms with Gasteiger partial charge in [-0.05, 0) is 17.7 Å². The van der Waals surface area contributed by atoms with E-state index in [1.807, 2.05) is 0 Å². The van der Waals surface area contributed by atoms with E-state index < -0.39 is 5.91 Å². The van der Waals surface area contributed by atoms with Gasteiger partial charge in [-0.15, -0.1) is 0 Å². The zero-order valence-corrected chi connectivity index (χ0v) is 15.1. The standard InChI is InChI=1S/C15H17Cl2N3O3S/c16-10-2-1-9(7-11(10)17)8-12-13(14(18)21)24-15(20(12)22)19-3-5-23-6-4-19/h1-2,7,15,22H,3-6,8H2,(H2,18,21). The Morgan fingerprint density at radius 2 is 2.04 bits per heavy atom. The van der Waals surface area contributed by atoms with Gasteiger partial charge in [0, 0.05) is 19.5 Å². The van der Waals surface area contributed by atoms with E-state index in [-0.39, 0.29) is 5.50 Å². The highest BCUT2D eigenvalue weighted by molar-refractivity contribution is 8.04. The number of carbonyl (C=O) groups is 1. The van der Waals surface area contributed by atoms with E-state index in [0.717, 1.165) is 10.6 Å². The van der Waals surface area contributed by atoms with Crippen LogP contribution in [-0.4, -0.2) is 52.9 Å². The summed E-state index contributed by atoms with van der Waals surface area (Å²) in [6.45, 7) is 2.56. The fourth-order valence-electron chi connectivity index (χ4n) is 2.69. The van der Waals surface area contributed by atoms with Crippen LogP contribution in [0, 0.1) is 0 Å². The summed E-state index contributed by atoms with van der Waals surface area (Å²) in [5.74, 6) is -0.551. The molecular weight excluding hydrogens is 373 g/mol. The van der Waals surface area contributed by atoms with Crippen molar-refractivity contribution in [3.05, 3.63) is 44.4 Å². The molecule has 2 heterocycles. The molecular formula is C15H17Cl2N3O3S. The monoisotopic (exact) mass is 389 g/mol. The molecule has 0 aliphatic carbocycles. The van der Waals surface area contributed by atoms with Crippen molar-refractivity contribution in [1.29, 1.82) is 0 Å². The highest BCUT2D eigenvalue weighted by Gasteiger charge is 2.38. The zero-order valence-electron chi connectivity index (χ0n) is 12.7. The Morgan fingerprint density at radius 1 is 1.33 bits per heavy atom. The van der Waals surface area contributed by atoms with Crippen LogP contribution < -0.4 is 5.73 Å². The van der Waals surface area contributed by atoms with Crippen molar-refractivity contribution in [2.24, 2.45) is 5.73 Å². The number of morpholine rings is 1. The number of ether oxygens (including phenoxy) is 1. The Balaban J connectivity index is 1.83. The summed E-state index contributed by atoms with van der Waals surface area (Å²) in [6, 6.07) is 5.21. The van der Waals surface area contributed by atoms with Crippen molar-refractivity contribution in [2.75, 3.05) is 26.3 Å². The van der Waals surface area contributed by atoms with Gasteiger partial charge in [-0.3, -0.25) is 14.9 Å². The molecule has 1 aromatic rings. The summed E-state index contributed by atoms with van der Waals surface area (Å²) in [5, 5.41) is 12.6. The number of thioether (sulfide) groups is 1. The van der Waals surface area contributed by atoms with Crippen LogP contribution >= 0.6 is 35.0 Å². The Labute approximate surface area is 154 Å². The molecule has 3 rings (SSSR count). The molecule has 1 fully saturated rings. The minimum Gasteiger partial charge on any atom is -0.379 e. The molecule has 9 heteroatoms. The van der Waals surface area contributed by atoms with Crippen LogP contribution in [0.3, 0.4) is 0 Å². The lowest BCUT2D eigenvalue weighted by Gasteiger charge is -2.35. The predicted octanol–water partition coefficient (Wildman–Crippen LogP) is 2.29. The third-order valence-corrected chi connectivity index (χ3v) is 6.03. The molecule has 0 saturated carbocycles. The topological polar surface area (TPSA) is 79.0 Å². The van der Waals surface area contributed by atoms with Crippen LogP contribution in [0.1, 0.15) is 5.56 Å². The first-order valence-electron chi connectivity index (χ1n) is 7.41. The van der Waals surface area contributed by atoms with Crippen molar-refractivity contribution in [1.82, 2.24) is 9.96 Å². The maximum Gasteiger partial charge on any atom is 0.257 e. The van der Waals surface area contributed by atoms with Gasteiger partial charge >= 0.3 is 0 Å². The largest absolute Gasteiger partial charge is 0.379 e. The second-order valence-corrected chi connectivity index (χ2v) is 7.38. The van der Waals surface area contributed by atoms with E-state index in [1.165, 1.54) is 11.8 Å². The molecule has 0 aromatic heterocycles. The van der Waals surface area contributed by atoms with E-state index >= 15 is 0 Å². The molecule has 1 amide bonds. The molecule has 3 N–H and O–H groups in total. The van der Waals surface area contributed by atoms with Gasteiger partial charge in [-0.2, -0.15) is 0 Å². The van der Waals surface area contributed by atoms with E-state index in [9.17, 15) is 10.0 Å². The quantitative estimate of drug-likeness (QED) is 0.822. The van der Waals surface area contributed by atoms with Crippen molar-refractivity contribution in [3.63, 3.8) is 0 Å². The molecule has 1 unspecified atom stereocenters. The summed E-state index contributed by atoms with van der Waals surface area (Å²) >= 11 is 13.2. The molecule has 0 bridgehead atoms. The van der Waals surface area contributed by atoms with Gasteiger partial charge in [0.05, 0.1) is 33.9 Å². The average Bonchev–Trinajstić information content (AvgIpc) is 2.89. The van der Waals surface area contributed by atoms with Crippen LogP contribution in [0.25, 0.3) is 0 Å². The van der Waals surface area contributed by atoms with Crippen molar-refractivity contribution < 1.29 is 14.7 Å². The van der Waals surface area contributed by atoms with Crippen LogP contribution in [0.4, 0.5) is 0 Å². The highest BCUT2D eigenvalue weighted by Crippen LogP contribution is 2.40. The fraction of sp³-hybridized carbons (Fsp3) is 0.400. The number of primary amides is 1. The van der Waals surface area contributed by atoms with Gasteiger partial charge in [-0.25, -0.2) is 5.06 Å². The maximum absolute atomic E-state index is 11.8.